The predicted octanol–water partition coefficient (Wildman–Crippen LogP) is 1.47. The molecule has 0 unspecified atom stereocenters. The molecule has 0 saturated carbocycles. The maximum atomic E-state index is 11.7. The van der Waals surface area contributed by atoms with Crippen LogP contribution < -0.4 is 5.32 Å². The third kappa shape index (κ3) is 9.60. The Labute approximate surface area is 129 Å². The van der Waals surface area contributed by atoms with Crippen LogP contribution in [0.3, 0.4) is 0 Å². The molecule has 9 nitrogen and oxygen atoms in total. The van der Waals surface area contributed by atoms with E-state index in [2.05, 4.69) is 20.1 Å². The topological polar surface area (TPSA) is 130 Å². The van der Waals surface area contributed by atoms with Crippen molar-refractivity contribution >= 4 is 17.8 Å². The number of hydrogen-bond donors (Lipinski definition) is 1. The van der Waals surface area contributed by atoms with Gasteiger partial charge in [0.2, 0.25) is 5.91 Å². The van der Waals surface area contributed by atoms with E-state index in [-0.39, 0.29) is 25.8 Å². The normalized spacial score (nSPS) is 11.8. The average molecular weight is 314 g/mol. The van der Waals surface area contributed by atoms with Gasteiger partial charge in [-0.15, -0.1) is 0 Å². The largest absolute Gasteiger partial charge is 0.467 e. The molecule has 1 N–H and O–H groups in total. The number of hydrogen-bond acceptors (Lipinski definition) is 6. The molecule has 22 heavy (non-hydrogen) atoms. The van der Waals surface area contributed by atoms with Gasteiger partial charge in [-0.25, -0.2) is 4.79 Å². The molecular weight excluding hydrogens is 292 g/mol. The van der Waals surface area contributed by atoms with Crippen LogP contribution in [0.2, 0.25) is 0 Å². The first-order valence-corrected chi connectivity index (χ1v) is 6.79. The summed E-state index contributed by atoms with van der Waals surface area (Å²) in [6, 6.07) is -0.915. The van der Waals surface area contributed by atoms with Crippen LogP contribution in [-0.2, 0) is 23.9 Å². The van der Waals surface area contributed by atoms with Crippen molar-refractivity contribution in [1.29, 1.82) is 0 Å². The Morgan fingerprint density at radius 2 is 1.91 bits per heavy atom. The zero-order chi connectivity index (χ0) is 17.2. The van der Waals surface area contributed by atoms with Gasteiger partial charge < -0.3 is 14.8 Å². The Bertz CT molecular complexity index is 452. The van der Waals surface area contributed by atoms with E-state index in [9.17, 15) is 14.4 Å². The summed E-state index contributed by atoms with van der Waals surface area (Å²) in [5.74, 6) is -1.62. The molecule has 0 aromatic heterocycles. The van der Waals surface area contributed by atoms with Gasteiger partial charge in [0.1, 0.15) is 11.6 Å². The summed E-state index contributed by atoms with van der Waals surface area (Å²) in [6.07, 6.45) is -0.0772. The number of esters is 2. The van der Waals surface area contributed by atoms with E-state index in [1.165, 1.54) is 7.11 Å². The minimum absolute atomic E-state index is 0.0443. The van der Waals surface area contributed by atoms with Crippen molar-refractivity contribution in [3.8, 4) is 0 Å². The molecule has 0 radical (unpaired) electrons. The summed E-state index contributed by atoms with van der Waals surface area (Å²) in [7, 11) is 1.19. The number of rotatable bonds is 8. The maximum Gasteiger partial charge on any atom is 0.328 e. The summed E-state index contributed by atoms with van der Waals surface area (Å²) in [5.41, 5.74) is 7.58. The summed E-state index contributed by atoms with van der Waals surface area (Å²) in [4.78, 5) is 37.3. The number of carbonyl (C=O) groups is 3. The highest BCUT2D eigenvalue weighted by Crippen LogP contribution is 2.09. The SMILES string of the molecule is COC(=O)[C@H](CCN=[N+]=[N-])NC(=O)CCC(=O)OC(C)(C)C. The van der Waals surface area contributed by atoms with Crippen LogP contribution in [0.4, 0.5) is 0 Å². The van der Waals surface area contributed by atoms with E-state index in [1.807, 2.05) is 0 Å². The molecule has 0 aromatic carbocycles. The first-order chi connectivity index (χ1) is 10.2. The van der Waals surface area contributed by atoms with Gasteiger partial charge in [0.15, 0.2) is 0 Å². The number of azide groups is 1. The summed E-state index contributed by atoms with van der Waals surface area (Å²) >= 11 is 0. The Morgan fingerprint density at radius 3 is 2.41 bits per heavy atom. The number of methoxy groups -OCH3 is 1. The van der Waals surface area contributed by atoms with Crippen molar-refractivity contribution in [2.75, 3.05) is 13.7 Å². The highest BCUT2D eigenvalue weighted by Gasteiger charge is 2.22. The van der Waals surface area contributed by atoms with E-state index in [4.69, 9.17) is 10.3 Å². The minimum atomic E-state index is -0.915. The van der Waals surface area contributed by atoms with Gasteiger partial charge >= 0.3 is 11.9 Å². The number of amides is 1. The Hall–Kier alpha value is -2.28. The number of ether oxygens (including phenoxy) is 2. The lowest BCUT2D eigenvalue weighted by atomic mass is 10.2. The van der Waals surface area contributed by atoms with Gasteiger partial charge in [-0.3, -0.25) is 9.59 Å². The first kappa shape index (κ1) is 19.7. The second-order valence-electron chi connectivity index (χ2n) is 5.47. The van der Waals surface area contributed by atoms with Crippen LogP contribution in [0.5, 0.6) is 0 Å². The standard InChI is InChI=1S/C13H22N4O5/c1-13(2,3)22-11(19)6-5-10(18)16-9(12(20)21-4)7-8-15-17-14/h9H,5-8H2,1-4H3,(H,16,18)/t9-/m0/s1. The molecule has 0 rings (SSSR count). The van der Waals surface area contributed by atoms with Crippen LogP contribution in [0.15, 0.2) is 5.11 Å². The van der Waals surface area contributed by atoms with E-state index < -0.39 is 29.5 Å². The molecule has 0 heterocycles. The van der Waals surface area contributed by atoms with Gasteiger partial charge in [-0.2, -0.15) is 0 Å². The molecule has 0 aliphatic heterocycles. The lowest BCUT2D eigenvalue weighted by molar-refractivity contribution is -0.155. The van der Waals surface area contributed by atoms with Crippen LogP contribution in [0.25, 0.3) is 10.4 Å². The van der Waals surface area contributed by atoms with Crippen molar-refractivity contribution < 1.29 is 23.9 Å². The fraction of sp³-hybridized carbons (Fsp3) is 0.769. The summed E-state index contributed by atoms with van der Waals surface area (Å²) < 4.78 is 9.63. The van der Waals surface area contributed by atoms with Crippen molar-refractivity contribution in [2.24, 2.45) is 5.11 Å². The van der Waals surface area contributed by atoms with Gasteiger partial charge in [0.05, 0.1) is 13.5 Å². The minimum Gasteiger partial charge on any atom is -0.467 e. The van der Waals surface area contributed by atoms with E-state index >= 15 is 0 Å². The Balaban J connectivity index is 4.35. The molecule has 0 fully saturated rings. The molecule has 124 valence electrons. The fourth-order valence-electron chi connectivity index (χ4n) is 1.50. The van der Waals surface area contributed by atoms with Crippen molar-refractivity contribution in [1.82, 2.24) is 5.32 Å². The Morgan fingerprint density at radius 1 is 1.27 bits per heavy atom. The zero-order valence-corrected chi connectivity index (χ0v) is 13.3. The predicted molar refractivity (Wildman–Crippen MR) is 77.7 cm³/mol. The maximum absolute atomic E-state index is 11.7. The van der Waals surface area contributed by atoms with E-state index in [0.717, 1.165) is 0 Å². The van der Waals surface area contributed by atoms with Crippen molar-refractivity contribution in [3.05, 3.63) is 10.4 Å². The summed E-state index contributed by atoms with van der Waals surface area (Å²) in [5, 5.41) is 5.74. The van der Waals surface area contributed by atoms with Crippen LogP contribution >= 0.6 is 0 Å². The van der Waals surface area contributed by atoms with Gasteiger partial charge in [-0.1, -0.05) is 5.11 Å². The molecule has 9 heteroatoms. The molecule has 1 amide bonds. The number of carbonyl (C=O) groups excluding carboxylic acids is 3. The monoisotopic (exact) mass is 314 g/mol. The third-order valence-corrected chi connectivity index (χ3v) is 2.38. The fourth-order valence-corrected chi connectivity index (χ4v) is 1.50. The van der Waals surface area contributed by atoms with Crippen molar-refractivity contribution in [2.45, 2.75) is 51.7 Å². The quantitative estimate of drug-likeness (QED) is 0.313. The second-order valence-corrected chi connectivity index (χ2v) is 5.47. The number of nitrogens with one attached hydrogen (secondary N) is 1. The second kappa shape index (κ2) is 9.62. The molecule has 0 bridgehead atoms. The lowest BCUT2D eigenvalue weighted by Gasteiger charge is -2.19. The van der Waals surface area contributed by atoms with Crippen LogP contribution in [0.1, 0.15) is 40.0 Å². The van der Waals surface area contributed by atoms with Gasteiger partial charge in [-0.05, 0) is 32.7 Å². The molecular formula is C13H22N4O5. The average Bonchev–Trinajstić information content (AvgIpc) is 2.41. The molecule has 0 spiro atoms. The van der Waals surface area contributed by atoms with Crippen LogP contribution in [0, 0.1) is 0 Å². The molecule has 0 aromatic rings. The smallest absolute Gasteiger partial charge is 0.328 e. The summed E-state index contributed by atoms with van der Waals surface area (Å²) in [6.45, 7) is 5.23. The third-order valence-electron chi connectivity index (χ3n) is 2.38. The first-order valence-electron chi connectivity index (χ1n) is 6.79. The lowest BCUT2D eigenvalue weighted by Crippen LogP contribution is -2.42. The van der Waals surface area contributed by atoms with Gasteiger partial charge in [0, 0.05) is 17.9 Å². The van der Waals surface area contributed by atoms with Gasteiger partial charge in [0.25, 0.3) is 0 Å². The van der Waals surface area contributed by atoms with E-state index in [1.54, 1.807) is 20.8 Å². The van der Waals surface area contributed by atoms with Crippen LogP contribution in [-0.4, -0.2) is 43.1 Å². The highest BCUT2D eigenvalue weighted by atomic mass is 16.6. The number of nitrogens with zero attached hydrogens (tertiary/aromatic N) is 3. The molecule has 0 saturated heterocycles. The van der Waals surface area contributed by atoms with Crippen molar-refractivity contribution in [3.63, 3.8) is 0 Å². The zero-order valence-electron chi connectivity index (χ0n) is 13.3. The highest BCUT2D eigenvalue weighted by molar-refractivity contribution is 5.86. The molecule has 1 atom stereocenters. The Kier molecular flexibility index (Phi) is 8.62. The molecule has 0 aliphatic rings. The molecule has 0 aliphatic carbocycles. The van der Waals surface area contributed by atoms with E-state index in [0.29, 0.717) is 0 Å².